The fraction of sp³-hybridized carbons (Fsp3) is 0.261. The maximum Gasteiger partial charge on any atom is 0.221 e. The van der Waals surface area contributed by atoms with Crippen molar-refractivity contribution in [3.8, 4) is 5.75 Å². The molecule has 33 heavy (non-hydrogen) atoms. The van der Waals surface area contributed by atoms with Gasteiger partial charge in [0.15, 0.2) is 11.0 Å². The van der Waals surface area contributed by atoms with Gasteiger partial charge in [-0.2, -0.15) is 0 Å². The van der Waals surface area contributed by atoms with E-state index in [1.165, 1.54) is 11.8 Å². The fourth-order valence-electron chi connectivity index (χ4n) is 3.29. The number of ether oxygens (including phenoxy) is 1. The summed E-state index contributed by atoms with van der Waals surface area (Å²) < 4.78 is 8.94. The number of nitrogens with one attached hydrogen (secondary N) is 1. The molecular formula is C23H25N7O2S. The van der Waals surface area contributed by atoms with Crippen molar-refractivity contribution in [2.45, 2.75) is 31.2 Å². The molecule has 0 spiro atoms. The highest BCUT2D eigenvalue weighted by atomic mass is 32.2. The second kappa shape index (κ2) is 10.8. The van der Waals surface area contributed by atoms with Crippen LogP contribution in [0.4, 0.5) is 0 Å². The van der Waals surface area contributed by atoms with Crippen LogP contribution in [0.2, 0.25) is 0 Å². The number of hydrogen-bond acceptors (Lipinski definition) is 7. The van der Waals surface area contributed by atoms with Gasteiger partial charge < -0.3 is 14.6 Å². The minimum atomic E-state index is -0.0117. The molecular weight excluding hydrogens is 438 g/mol. The number of methoxy groups -OCH3 is 1. The van der Waals surface area contributed by atoms with Crippen LogP contribution in [0.25, 0.3) is 11.0 Å². The molecule has 4 aromatic rings. The average Bonchev–Trinajstić information content (AvgIpc) is 3.43. The molecule has 0 saturated carbocycles. The molecule has 1 N–H and O–H groups in total. The first-order chi connectivity index (χ1) is 16.2. The van der Waals surface area contributed by atoms with Crippen molar-refractivity contribution in [3.05, 3.63) is 72.6 Å². The lowest BCUT2D eigenvalue weighted by molar-refractivity contribution is -0.120. The SMILES string of the molecule is C=CCn1c(Cn2nnc3ccccc32)nnc1SCCC(=O)NCc1ccc(OC)cc1. The maximum atomic E-state index is 12.3. The Balaban J connectivity index is 1.32. The summed E-state index contributed by atoms with van der Waals surface area (Å²) >= 11 is 1.50. The van der Waals surface area contributed by atoms with Gasteiger partial charge in [0.05, 0.1) is 12.6 Å². The van der Waals surface area contributed by atoms with Gasteiger partial charge in [0.2, 0.25) is 5.91 Å². The molecule has 9 nitrogen and oxygen atoms in total. The highest BCUT2D eigenvalue weighted by Gasteiger charge is 2.15. The number of thioether (sulfide) groups is 1. The largest absolute Gasteiger partial charge is 0.497 e. The summed E-state index contributed by atoms with van der Waals surface area (Å²) in [4.78, 5) is 12.3. The number of allylic oxidation sites excluding steroid dienone is 1. The van der Waals surface area contributed by atoms with E-state index in [9.17, 15) is 4.79 Å². The lowest BCUT2D eigenvalue weighted by Crippen LogP contribution is -2.23. The summed E-state index contributed by atoms with van der Waals surface area (Å²) in [6.45, 7) is 5.35. The lowest BCUT2D eigenvalue weighted by Gasteiger charge is -2.08. The lowest BCUT2D eigenvalue weighted by atomic mass is 10.2. The summed E-state index contributed by atoms with van der Waals surface area (Å²) in [6.07, 6.45) is 2.18. The van der Waals surface area contributed by atoms with Gasteiger partial charge in [0.1, 0.15) is 17.8 Å². The van der Waals surface area contributed by atoms with E-state index < -0.39 is 0 Å². The molecule has 0 bridgehead atoms. The number of para-hydroxylation sites is 1. The van der Waals surface area contributed by atoms with E-state index in [1.54, 1.807) is 17.9 Å². The number of amides is 1. The van der Waals surface area contributed by atoms with Crippen LogP contribution >= 0.6 is 11.8 Å². The Labute approximate surface area is 195 Å². The summed E-state index contributed by atoms with van der Waals surface area (Å²) in [7, 11) is 1.63. The van der Waals surface area contributed by atoms with Crippen LogP contribution < -0.4 is 10.1 Å². The maximum absolute atomic E-state index is 12.3. The monoisotopic (exact) mass is 463 g/mol. The quantitative estimate of drug-likeness (QED) is 0.270. The van der Waals surface area contributed by atoms with Crippen LogP contribution in [0.1, 0.15) is 17.8 Å². The number of nitrogens with zero attached hydrogens (tertiary/aromatic N) is 6. The van der Waals surface area contributed by atoms with Crippen LogP contribution in [-0.4, -0.2) is 48.5 Å². The third-order valence-corrected chi connectivity index (χ3v) is 5.99. The van der Waals surface area contributed by atoms with Crippen molar-refractivity contribution in [2.75, 3.05) is 12.9 Å². The molecule has 0 aliphatic carbocycles. The first-order valence-electron chi connectivity index (χ1n) is 10.5. The molecule has 2 heterocycles. The minimum absolute atomic E-state index is 0.0117. The van der Waals surface area contributed by atoms with E-state index in [2.05, 4.69) is 32.4 Å². The zero-order valence-electron chi connectivity index (χ0n) is 18.3. The Morgan fingerprint density at radius 2 is 1.97 bits per heavy atom. The summed E-state index contributed by atoms with van der Waals surface area (Å²) in [5, 5.41) is 20.8. The number of rotatable bonds is 11. The second-order valence-electron chi connectivity index (χ2n) is 7.26. The van der Waals surface area contributed by atoms with E-state index in [1.807, 2.05) is 53.1 Å². The number of hydrogen-bond donors (Lipinski definition) is 1. The first-order valence-corrected chi connectivity index (χ1v) is 11.5. The van der Waals surface area contributed by atoms with E-state index in [0.29, 0.717) is 31.8 Å². The van der Waals surface area contributed by atoms with Gasteiger partial charge in [-0.05, 0) is 29.8 Å². The Kier molecular flexibility index (Phi) is 7.36. The topological polar surface area (TPSA) is 99.8 Å². The molecule has 10 heteroatoms. The Bertz CT molecular complexity index is 1230. The van der Waals surface area contributed by atoms with Gasteiger partial charge in [-0.25, -0.2) is 4.68 Å². The Morgan fingerprint density at radius 3 is 2.76 bits per heavy atom. The molecule has 0 atom stereocenters. The van der Waals surface area contributed by atoms with Gasteiger partial charge in [-0.1, -0.05) is 47.3 Å². The van der Waals surface area contributed by atoms with Crippen LogP contribution in [0, 0.1) is 0 Å². The molecule has 0 aliphatic rings. The summed E-state index contributed by atoms with van der Waals surface area (Å²) in [6, 6.07) is 15.4. The number of benzene rings is 2. The van der Waals surface area contributed by atoms with Crippen molar-refractivity contribution < 1.29 is 9.53 Å². The number of carbonyl (C=O) groups is 1. The van der Waals surface area contributed by atoms with Crippen LogP contribution in [0.5, 0.6) is 5.75 Å². The van der Waals surface area contributed by atoms with Crippen molar-refractivity contribution in [3.63, 3.8) is 0 Å². The molecule has 4 rings (SSSR count). The van der Waals surface area contributed by atoms with Crippen molar-refractivity contribution >= 4 is 28.7 Å². The standard InChI is InChI=1S/C23H25N7O2S/c1-3-13-29-21(16-30-20-7-5-4-6-19(20)25-28-30)26-27-23(29)33-14-12-22(31)24-15-17-8-10-18(32-2)11-9-17/h3-11H,1,12-16H2,2H3,(H,24,31). The smallest absolute Gasteiger partial charge is 0.221 e. The average molecular weight is 464 g/mol. The minimum Gasteiger partial charge on any atom is -0.497 e. The van der Waals surface area contributed by atoms with E-state index >= 15 is 0 Å². The summed E-state index contributed by atoms with van der Waals surface area (Å²) in [5.41, 5.74) is 2.80. The van der Waals surface area contributed by atoms with Crippen LogP contribution in [-0.2, 0) is 24.4 Å². The summed E-state index contributed by atoms with van der Waals surface area (Å²) in [5.74, 6) is 2.14. The Hall–Kier alpha value is -3.66. The van der Waals surface area contributed by atoms with Crippen molar-refractivity contribution in [1.29, 1.82) is 0 Å². The predicted molar refractivity (Wildman–Crippen MR) is 127 cm³/mol. The van der Waals surface area contributed by atoms with Gasteiger partial charge in [0.25, 0.3) is 0 Å². The molecule has 2 aromatic heterocycles. The zero-order chi connectivity index (χ0) is 23.0. The van der Waals surface area contributed by atoms with E-state index in [-0.39, 0.29) is 5.91 Å². The molecule has 2 aromatic carbocycles. The molecule has 170 valence electrons. The van der Waals surface area contributed by atoms with Gasteiger partial charge in [-0.15, -0.1) is 21.9 Å². The first kappa shape index (κ1) is 22.5. The molecule has 0 radical (unpaired) electrons. The van der Waals surface area contributed by atoms with E-state index in [4.69, 9.17) is 4.74 Å². The predicted octanol–water partition coefficient (Wildman–Crippen LogP) is 3.06. The Morgan fingerprint density at radius 1 is 1.15 bits per heavy atom. The number of carbonyl (C=O) groups excluding carboxylic acids is 1. The third kappa shape index (κ3) is 5.58. The number of aromatic nitrogens is 6. The van der Waals surface area contributed by atoms with Crippen LogP contribution in [0.3, 0.4) is 0 Å². The molecule has 0 unspecified atom stereocenters. The third-order valence-electron chi connectivity index (χ3n) is 5.03. The van der Waals surface area contributed by atoms with Gasteiger partial charge >= 0.3 is 0 Å². The molecule has 1 amide bonds. The molecule has 0 aliphatic heterocycles. The number of fused-ring (bicyclic) bond motifs is 1. The molecule has 0 saturated heterocycles. The van der Waals surface area contributed by atoms with Crippen LogP contribution in [0.15, 0.2) is 66.3 Å². The van der Waals surface area contributed by atoms with Crippen molar-refractivity contribution in [1.82, 2.24) is 35.1 Å². The molecule has 0 fully saturated rings. The second-order valence-corrected chi connectivity index (χ2v) is 8.32. The highest BCUT2D eigenvalue weighted by Crippen LogP contribution is 2.20. The highest BCUT2D eigenvalue weighted by molar-refractivity contribution is 7.99. The fourth-order valence-corrected chi connectivity index (χ4v) is 4.20. The van der Waals surface area contributed by atoms with Crippen molar-refractivity contribution in [2.24, 2.45) is 0 Å². The van der Waals surface area contributed by atoms with E-state index in [0.717, 1.165) is 33.3 Å². The zero-order valence-corrected chi connectivity index (χ0v) is 19.2. The van der Waals surface area contributed by atoms with Gasteiger partial charge in [0, 0.05) is 25.3 Å². The van der Waals surface area contributed by atoms with Gasteiger partial charge in [-0.3, -0.25) is 4.79 Å². The normalized spacial score (nSPS) is 10.9.